The molecular weight excluding hydrogens is 236 g/mol. The first-order valence-electron chi connectivity index (χ1n) is 7.71. The summed E-state index contributed by atoms with van der Waals surface area (Å²) in [7, 11) is 0. The highest BCUT2D eigenvalue weighted by Crippen LogP contribution is 2.51. The summed E-state index contributed by atoms with van der Waals surface area (Å²) >= 11 is 0. The van der Waals surface area contributed by atoms with Gasteiger partial charge in [-0.2, -0.15) is 0 Å². The third-order valence-corrected chi connectivity index (χ3v) is 5.02. The normalized spacial score (nSPS) is 37.2. The van der Waals surface area contributed by atoms with Crippen molar-refractivity contribution in [2.45, 2.75) is 65.9 Å². The molecule has 19 heavy (non-hydrogen) atoms. The predicted octanol–water partition coefficient (Wildman–Crippen LogP) is 4.35. The summed E-state index contributed by atoms with van der Waals surface area (Å²) in [6.45, 7) is 10.3. The summed E-state index contributed by atoms with van der Waals surface area (Å²) in [6.07, 6.45) is 7.43. The van der Waals surface area contributed by atoms with E-state index in [0.717, 1.165) is 23.7 Å². The number of ether oxygens (including phenoxy) is 1. The van der Waals surface area contributed by atoms with Gasteiger partial charge in [0, 0.05) is 6.92 Å². The second-order valence-electron chi connectivity index (χ2n) is 7.18. The zero-order chi connectivity index (χ0) is 14.2. The fraction of sp³-hybridized carbons (Fsp3) is 0.824. The second kappa shape index (κ2) is 5.30. The highest BCUT2D eigenvalue weighted by molar-refractivity contribution is 5.66. The van der Waals surface area contributed by atoms with Gasteiger partial charge in [-0.25, -0.2) is 0 Å². The van der Waals surface area contributed by atoms with Gasteiger partial charge >= 0.3 is 5.97 Å². The van der Waals surface area contributed by atoms with Crippen LogP contribution in [0, 0.1) is 23.7 Å². The van der Waals surface area contributed by atoms with Crippen LogP contribution in [0.4, 0.5) is 0 Å². The third-order valence-electron chi connectivity index (χ3n) is 5.02. The van der Waals surface area contributed by atoms with E-state index >= 15 is 0 Å². The molecule has 4 atom stereocenters. The van der Waals surface area contributed by atoms with Crippen LogP contribution in [0.15, 0.2) is 11.6 Å². The summed E-state index contributed by atoms with van der Waals surface area (Å²) in [5, 5.41) is 0. The van der Waals surface area contributed by atoms with Crippen molar-refractivity contribution in [1.29, 1.82) is 0 Å². The lowest BCUT2D eigenvalue weighted by Gasteiger charge is -2.37. The molecular formula is C17H28O2. The number of rotatable bonds is 2. The van der Waals surface area contributed by atoms with E-state index in [-0.39, 0.29) is 5.97 Å². The van der Waals surface area contributed by atoms with Crippen molar-refractivity contribution in [3.05, 3.63) is 11.6 Å². The predicted molar refractivity (Wildman–Crippen MR) is 77.7 cm³/mol. The average Bonchev–Trinajstić information content (AvgIpc) is 2.64. The topological polar surface area (TPSA) is 26.3 Å². The molecule has 2 rings (SSSR count). The molecule has 2 aliphatic rings. The summed E-state index contributed by atoms with van der Waals surface area (Å²) < 4.78 is 5.44. The molecule has 0 unspecified atom stereocenters. The number of hydrogen-bond acceptors (Lipinski definition) is 2. The molecule has 0 saturated heterocycles. The molecule has 0 aromatic rings. The first-order valence-corrected chi connectivity index (χ1v) is 7.71. The maximum Gasteiger partial charge on any atom is 0.303 e. The van der Waals surface area contributed by atoms with Crippen LogP contribution in [0.25, 0.3) is 0 Å². The van der Waals surface area contributed by atoms with E-state index in [9.17, 15) is 4.79 Å². The quantitative estimate of drug-likeness (QED) is 0.547. The minimum Gasteiger partial charge on any atom is -0.456 e. The van der Waals surface area contributed by atoms with Gasteiger partial charge in [-0.05, 0) is 69.3 Å². The van der Waals surface area contributed by atoms with Crippen LogP contribution < -0.4 is 0 Å². The number of carbonyl (C=O) groups is 1. The van der Waals surface area contributed by atoms with Crippen LogP contribution in [-0.2, 0) is 9.53 Å². The van der Waals surface area contributed by atoms with E-state index in [1.807, 2.05) is 13.8 Å². The lowest BCUT2D eigenvalue weighted by Crippen LogP contribution is -2.31. The maximum atomic E-state index is 11.2. The number of allylic oxidation sites excluding steroid dienone is 1. The molecule has 0 radical (unpaired) electrons. The van der Waals surface area contributed by atoms with Gasteiger partial charge in [-0.3, -0.25) is 4.79 Å². The van der Waals surface area contributed by atoms with Crippen molar-refractivity contribution < 1.29 is 9.53 Å². The van der Waals surface area contributed by atoms with Crippen LogP contribution in [0.3, 0.4) is 0 Å². The fourth-order valence-corrected chi connectivity index (χ4v) is 4.31. The van der Waals surface area contributed by atoms with Gasteiger partial charge in [0.15, 0.2) is 0 Å². The molecule has 2 saturated carbocycles. The number of fused-ring (bicyclic) bond motifs is 1. The molecule has 2 nitrogen and oxygen atoms in total. The Morgan fingerprint density at radius 2 is 1.89 bits per heavy atom. The number of carbonyl (C=O) groups excluding carboxylic acids is 1. The molecule has 0 spiro atoms. The lowest BCUT2D eigenvalue weighted by atomic mass is 9.69. The van der Waals surface area contributed by atoms with Gasteiger partial charge in [-0.1, -0.05) is 19.4 Å². The van der Waals surface area contributed by atoms with E-state index in [0.29, 0.717) is 0 Å². The molecule has 0 bridgehead atoms. The van der Waals surface area contributed by atoms with E-state index in [1.54, 1.807) is 5.57 Å². The van der Waals surface area contributed by atoms with E-state index < -0.39 is 5.60 Å². The minimum atomic E-state index is -0.464. The van der Waals surface area contributed by atoms with Gasteiger partial charge in [0.2, 0.25) is 0 Å². The molecule has 0 aliphatic heterocycles. The van der Waals surface area contributed by atoms with Crippen LogP contribution in [0.5, 0.6) is 0 Å². The lowest BCUT2D eigenvalue weighted by molar-refractivity contribution is -0.149. The van der Waals surface area contributed by atoms with Crippen molar-refractivity contribution >= 4 is 5.97 Å². The Labute approximate surface area is 117 Å². The molecule has 0 aromatic carbocycles. The van der Waals surface area contributed by atoms with Crippen LogP contribution in [-0.4, -0.2) is 11.6 Å². The van der Waals surface area contributed by atoms with Crippen molar-refractivity contribution in [3.63, 3.8) is 0 Å². The minimum absolute atomic E-state index is 0.193. The Morgan fingerprint density at radius 3 is 2.53 bits per heavy atom. The second-order valence-corrected chi connectivity index (χ2v) is 7.18. The number of esters is 1. The Kier molecular flexibility index (Phi) is 4.08. The smallest absolute Gasteiger partial charge is 0.303 e. The summed E-state index contributed by atoms with van der Waals surface area (Å²) in [6, 6.07) is 0. The van der Waals surface area contributed by atoms with Gasteiger partial charge in [0.1, 0.15) is 5.60 Å². The standard InChI is InChI=1S/C17H28O2/c1-11-6-8-14(10-17(4,5)19-13(3)18)16-12(2)7-9-15(11)16/h10-12,15-16H,6-9H2,1-5H3/b14-10+/t11-,12-,15-,16+/m0/s1. The van der Waals surface area contributed by atoms with Gasteiger partial charge in [-0.15, -0.1) is 0 Å². The fourth-order valence-electron chi connectivity index (χ4n) is 4.31. The molecule has 0 heterocycles. The highest BCUT2D eigenvalue weighted by atomic mass is 16.6. The summed E-state index contributed by atoms with van der Waals surface area (Å²) in [4.78, 5) is 11.2. The zero-order valence-electron chi connectivity index (χ0n) is 13.0. The Bertz CT molecular complexity index is 381. The molecule has 2 heteroatoms. The van der Waals surface area contributed by atoms with E-state index in [4.69, 9.17) is 4.74 Å². The van der Waals surface area contributed by atoms with E-state index in [1.165, 1.54) is 32.6 Å². The maximum absolute atomic E-state index is 11.2. The molecule has 0 amide bonds. The molecule has 2 aliphatic carbocycles. The summed E-state index contributed by atoms with van der Waals surface area (Å²) in [5.74, 6) is 3.01. The van der Waals surface area contributed by atoms with Crippen LogP contribution in [0.1, 0.15) is 60.3 Å². The van der Waals surface area contributed by atoms with Gasteiger partial charge in [0.05, 0.1) is 0 Å². The van der Waals surface area contributed by atoms with Crippen LogP contribution >= 0.6 is 0 Å². The van der Waals surface area contributed by atoms with Crippen LogP contribution in [0.2, 0.25) is 0 Å². The first-order chi connectivity index (χ1) is 8.80. The zero-order valence-corrected chi connectivity index (χ0v) is 13.0. The summed E-state index contributed by atoms with van der Waals surface area (Å²) in [5.41, 5.74) is 1.08. The highest BCUT2D eigenvalue weighted by Gasteiger charge is 2.42. The largest absolute Gasteiger partial charge is 0.456 e. The first kappa shape index (κ1) is 14.6. The van der Waals surface area contributed by atoms with Crippen molar-refractivity contribution in [2.24, 2.45) is 23.7 Å². The molecule has 0 aromatic heterocycles. The molecule has 0 N–H and O–H groups in total. The number of hydrogen-bond donors (Lipinski definition) is 0. The van der Waals surface area contributed by atoms with Gasteiger partial charge in [0.25, 0.3) is 0 Å². The monoisotopic (exact) mass is 264 g/mol. The Balaban J connectivity index is 2.21. The Morgan fingerprint density at radius 1 is 1.21 bits per heavy atom. The molecule has 2 fully saturated rings. The SMILES string of the molecule is CC(=O)OC(C)(C)/C=C1\CC[C@H](C)[C@@H]2CC[C@H](C)[C@H]12. The van der Waals surface area contributed by atoms with Crippen molar-refractivity contribution in [3.8, 4) is 0 Å². The average molecular weight is 264 g/mol. The van der Waals surface area contributed by atoms with Crippen molar-refractivity contribution in [1.82, 2.24) is 0 Å². The Hall–Kier alpha value is -0.790. The van der Waals surface area contributed by atoms with Gasteiger partial charge < -0.3 is 4.74 Å². The van der Waals surface area contributed by atoms with E-state index in [2.05, 4.69) is 19.9 Å². The third kappa shape index (κ3) is 3.21. The van der Waals surface area contributed by atoms with Crippen molar-refractivity contribution in [2.75, 3.05) is 0 Å². The molecule has 108 valence electrons.